The second kappa shape index (κ2) is 6.51. The van der Waals surface area contributed by atoms with E-state index in [1.54, 1.807) is 0 Å². The van der Waals surface area contributed by atoms with Gasteiger partial charge in [-0.1, -0.05) is 13.8 Å². The molecule has 1 rings (SSSR count). The molecule has 1 aliphatic heterocycles. The average Bonchev–Trinajstić information content (AvgIpc) is 2.29. The Morgan fingerprint density at radius 1 is 1.38 bits per heavy atom. The van der Waals surface area contributed by atoms with Gasteiger partial charge in [-0.2, -0.15) is 0 Å². The maximum atomic E-state index is 12.2. The van der Waals surface area contributed by atoms with E-state index in [0.717, 1.165) is 25.9 Å². The van der Waals surface area contributed by atoms with Crippen molar-refractivity contribution in [1.82, 2.24) is 10.2 Å². The molecule has 0 bridgehead atoms. The lowest BCUT2D eigenvalue weighted by atomic mass is 9.97. The second-order valence-electron chi connectivity index (χ2n) is 4.36. The summed E-state index contributed by atoms with van der Waals surface area (Å²) in [6.45, 7) is 6.34. The molecular formula is C12H22N2O2. The summed E-state index contributed by atoms with van der Waals surface area (Å²) < 4.78 is 0. The molecule has 0 saturated carbocycles. The Bertz CT molecular complexity index is 237. The summed E-state index contributed by atoms with van der Waals surface area (Å²) in [5.74, 6) is 0.279. The molecule has 1 N–H and O–H groups in total. The van der Waals surface area contributed by atoms with Crippen LogP contribution in [0.15, 0.2) is 0 Å². The lowest BCUT2D eigenvalue weighted by molar-refractivity contribution is -0.137. The molecule has 0 aliphatic carbocycles. The first-order valence-corrected chi connectivity index (χ1v) is 6.24. The number of amides is 2. The fraction of sp³-hybridized carbons (Fsp3) is 0.833. The van der Waals surface area contributed by atoms with E-state index in [0.29, 0.717) is 19.4 Å². The van der Waals surface area contributed by atoms with Crippen LogP contribution in [0.5, 0.6) is 0 Å². The summed E-state index contributed by atoms with van der Waals surface area (Å²) in [5.41, 5.74) is 0. The monoisotopic (exact) mass is 226 g/mol. The van der Waals surface area contributed by atoms with Crippen molar-refractivity contribution in [1.29, 1.82) is 0 Å². The highest BCUT2D eigenvalue weighted by Crippen LogP contribution is 2.14. The van der Waals surface area contributed by atoms with Crippen LogP contribution < -0.4 is 5.32 Å². The minimum atomic E-state index is -0.00389. The van der Waals surface area contributed by atoms with E-state index in [-0.39, 0.29) is 17.7 Å². The fourth-order valence-electron chi connectivity index (χ4n) is 2.07. The van der Waals surface area contributed by atoms with Gasteiger partial charge in [-0.3, -0.25) is 9.59 Å². The number of hydrogen-bond donors (Lipinski definition) is 1. The number of carbonyl (C=O) groups is 2. The van der Waals surface area contributed by atoms with Crippen LogP contribution in [-0.4, -0.2) is 36.3 Å². The van der Waals surface area contributed by atoms with Crippen molar-refractivity contribution in [3.05, 3.63) is 0 Å². The Morgan fingerprint density at radius 3 is 2.44 bits per heavy atom. The molecule has 1 fully saturated rings. The lowest BCUT2D eigenvalue weighted by Crippen LogP contribution is -2.45. The molecule has 1 aliphatic rings. The minimum absolute atomic E-state index is 0.00389. The second-order valence-corrected chi connectivity index (χ2v) is 4.36. The summed E-state index contributed by atoms with van der Waals surface area (Å²) in [6.07, 6.45) is 3.17. The van der Waals surface area contributed by atoms with Crippen LogP contribution in [0.2, 0.25) is 0 Å². The standard InChI is InChI=1S/C12H22N2O2/c1-3-7-14(8-4-2)12(16)10-5-6-11(15)13-9-10/h10H,3-9H2,1-2H3,(H,13,15). The van der Waals surface area contributed by atoms with E-state index in [1.807, 2.05) is 4.90 Å². The van der Waals surface area contributed by atoms with Gasteiger partial charge in [0.05, 0.1) is 5.92 Å². The van der Waals surface area contributed by atoms with Crippen LogP contribution in [0.25, 0.3) is 0 Å². The quantitative estimate of drug-likeness (QED) is 0.765. The van der Waals surface area contributed by atoms with Gasteiger partial charge in [0.2, 0.25) is 11.8 Å². The highest BCUT2D eigenvalue weighted by molar-refractivity contribution is 5.83. The van der Waals surface area contributed by atoms with Crippen molar-refractivity contribution in [2.75, 3.05) is 19.6 Å². The van der Waals surface area contributed by atoms with Gasteiger partial charge in [-0.05, 0) is 19.3 Å². The summed E-state index contributed by atoms with van der Waals surface area (Å²) in [7, 11) is 0. The third-order valence-electron chi connectivity index (χ3n) is 2.91. The third-order valence-corrected chi connectivity index (χ3v) is 2.91. The Hall–Kier alpha value is -1.06. The van der Waals surface area contributed by atoms with Crippen molar-refractivity contribution in [3.63, 3.8) is 0 Å². The van der Waals surface area contributed by atoms with Crippen molar-refractivity contribution in [2.45, 2.75) is 39.5 Å². The van der Waals surface area contributed by atoms with Crippen LogP contribution in [0, 0.1) is 5.92 Å². The molecule has 0 aromatic carbocycles. The summed E-state index contributed by atoms with van der Waals surface area (Å²) in [4.78, 5) is 25.1. The lowest BCUT2D eigenvalue weighted by Gasteiger charge is -2.29. The average molecular weight is 226 g/mol. The number of piperidine rings is 1. The molecule has 4 nitrogen and oxygen atoms in total. The van der Waals surface area contributed by atoms with Gasteiger partial charge in [0, 0.05) is 26.1 Å². The zero-order chi connectivity index (χ0) is 12.0. The minimum Gasteiger partial charge on any atom is -0.355 e. The predicted molar refractivity (Wildman–Crippen MR) is 62.9 cm³/mol. The zero-order valence-corrected chi connectivity index (χ0v) is 10.3. The van der Waals surface area contributed by atoms with Gasteiger partial charge in [0.15, 0.2) is 0 Å². The molecule has 1 unspecified atom stereocenters. The highest BCUT2D eigenvalue weighted by atomic mass is 16.2. The Morgan fingerprint density at radius 2 is 2.00 bits per heavy atom. The summed E-state index contributed by atoms with van der Waals surface area (Å²) >= 11 is 0. The first kappa shape index (κ1) is 13.0. The molecule has 0 radical (unpaired) electrons. The topological polar surface area (TPSA) is 49.4 Å². The van der Waals surface area contributed by atoms with E-state index in [1.165, 1.54) is 0 Å². The zero-order valence-electron chi connectivity index (χ0n) is 10.3. The molecular weight excluding hydrogens is 204 g/mol. The molecule has 16 heavy (non-hydrogen) atoms. The van der Waals surface area contributed by atoms with Crippen molar-refractivity contribution < 1.29 is 9.59 Å². The molecule has 92 valence electrons. The molecule has 0 aromatic rings. The Labute approximate surface area is 97.4 Å². The summed E-state index contributed by atoms with van der Waals surface area (Å²) in [6, 6.07) is 0. The molecule has 4 heteroatoms. The van der Waals surface area contributed by atoms with Gasteiger partial charge in [0.1, 0.15) is 0 Å². The number of nitrogens with one attached hydrogen (secondary N) is 1. The predicted octanol–water partition coefficient (Wildman–Crippen LogP) is 1.16. The van der Waals surface area contributed by atoms with E-state index >= 15 is 0 Å². The molecule has 1 atom stereocenters. The first-order chi connectivity index (χ1) is 7.69. The Kier molecular flexibility index (Phi) is 5.29. The molecule has 0 spiro atoms. The van der Waals surface area contributed by atoms with Crippen molar-refractivity contribution in [2.24, 2.45) is 5.92 Å². The number of rotatable bonds is 5. The van der Waals surface area contributed by atoms with Crippen LogP contribution in [0.1, 0.15) is 39.5 Å². The highest BCUT2D eigenvalue weighted by Gasteiger charge is 2.27. The van der Waals surface area contributed by atoms with Gasteiger partial charge >= 0.3 is 0 Å². The van der Waals surface area contributed by atoms with E-state index in [2.05, 4.69) is 19.2 Å². The smallest absolute Gasteiger partial charge is 0.227 e. The van der Waals surface area contributed by atoms with Crippen LogP contribution >= 0.6 is 0 Å². The van der Waals surface area contributed by atoms with Gasteiger partial charge in [0.25, 0.3) is 0 Å². The van der Waals surface area contributed by atoms with E-state index in [4.69, 9.17) is 0 Å². The van der Waals surface area contributed by atoms with Gasteiger partial charge in [-0.25, -0.2) is 0 Å². The van der Waals surface area contributed by atoms with Crippen LogP contribution in [-0.2, 0) is 9.59 Å². The largest absolute Gasteiger partial charge is 0.355 e. The van der Waals surface area contributed by atoms with Gasteiger partial charge in [-0.15, -0.1) is 0 Å². The van der Waals surface area contributed by atoms with Crippen molar-refractivity contribution >= 4 is 11.8 Å². The summed E-state index contributed by atoms with van der Waals surface area (Å²) in [5, 5.41) is 2.77. The van der Waals surface area contributed by atoms with Crippen LogP contribution in [0.4, 0.5) is 0 Å². The van der Waals surface area contributed by atoms with Crippen molar-refractivity contribution in [3.8, 4) is 0 Å². The van der Waals surface area contributed by atoms with E-state index in [9.17, 15) is 9.59 Å². The first-order valence-electron chi connectivity index (χ1n) is 6.24. The number of nitrogens with zero attached hydrogens (tertiary/aromatic N) is 1. The van der Waals surface area contributed by atoms with Gasteiger partial charge < -0.3 is 10.2 Å². The molecule has 0 aromatic heterocycles. The fourth-order valence-corrected chi connectivity index (χ4v) is 2.07. The maximum Gasteiger partial charge on any atom is 0.227 e. The molecule has 2 amide bonds. The van der Waals surface area contributed by atoms with Crippen LogP contribution in [0.3, 0.4) is 0 Å². The number of hydrogen-bond acceptors (Lipinski definition) is 2. The maximum absolute atomic E-state index is 12.2. The number of carbonyl (C=O) groups excluding carboxylic acids is 2. The Balaban J connectivity index is 2.49. The third kappa shape index (κ3) is 3.51. The SMILES string of the molecule is CCCN(CCC)C(=O)C1CCC(=O)NC1. The molecule has 1 heterocycles. The normalized spacial score (nSPS) is 20.4. The molecule has 1 saturated heterocycles. The van der Waals surface area contributed by atoms with E-state index < -0.39 is 0 Å².